The van der Waals surface area contributed by atoms with E-state index in [0.29, 0.717) is 30.9 Å². The first kappa shape index (κ1) is 13.9. The molecule has 19 heavy (non-hydrogen) atoms. The topological polar surface area (TPSA) is 38.7 Å². The number of aliphatic hydroxyl groups excluding tert-OH is 1. The van der Waals surface area contributed by atoms with Gasteiger partial charge in [0.15, 0.2) is 0 Å². The Morgan fingerprint density at radius 1 is 1.37 bits per heavy atom. The highest BCUT2D eigenvalue weighted by molar-refractivity contribution is 5.39. The minimum absolute atomic E-state index is 0.0143. The van der Waals surface area contributed by atoms with Crippen LogP contribution in [-0.4, -0.2) is 31.0 Å². The fourth-order valence-electron chi connectivity index (χ4n) is 1.87. The number of hydrogen-bond acceptors (Lipinski definition) is 3. The molecule has 0 atom stereocenters. The van der Waals surface area contributed by atoms with Crippen molar-refractivity contribution in [3.8, 4) is 17.6 Å². The summed E-state index contributed by atoms with van der Waals surface area (Å²) < 4.78 is 24.7. The van der Waals surface area contributed by atoms with E-state index >= 15 is 0 Å². The number of rotatable bonds is 3. The van der Waals surface area contributed by atoms with Crippen molar-refractivity contribution in [1.29, 1.82) is 0 Å². The van der Waals surface area contributed by atoms with E-state index in [1.807, 2.05) is 0 Å². The second-order valence-electron chi connectivity index (χ2n) is 4.35. The van der Waals surface area contributed by atoms with Crippen molar-refractivity contribution in [2.45, 2.75) is 25.4 Å². The molecule has 102 valence electrons. The van der Waals surface area contributed by atoms with Gasteiger partial charge in [-0.25, -0.2) is 4.39 Å². The predicted octanol–water partition coefficient (Wildman–Crippen LogP) is 2.12. The summed E-state index contributed by atoms with van der Waals surface area (Å²) >= 11 is 0. The molecule has 0 unspecified atom stereocenters. The molecule has 1 fully saturated rings. The summed E-state index contributed by atoms with van der Waals surface area (Å²) in [5.74, 6) is 5.51. The molecule has 1 aliphatic rings. The molecule has 4 heteroatoms. The van der Waals surface area contributed by atoms with Crippen LogP contribution in [0.4, 0.5) is 4.39 Å². The van der Waals surface area contributed by atoms with Gasteiger partial charge in [-0.3, -0.25) is 0 Å². The monoisotopic (exact) mass is 264 g/mol. The van der Waals surface area contributed by atoms with E-state index in [-0.39, 0.29) is 12.7 Å². The van der Waals surface area contributed by atoms with Crippen LogP contribution in [0, 0.1) is 17.7 Å². The molecule has 1 N–H and O–H groups in total. The lowest BCUT2D eigenvalue weighted by Gasteiger charge is -2.23. The maximum Gasteiger partial charge on any atom is 0.142 e. The Bertz CT molecular complexity index is 470. The first-order valence-electron chi connectivity index (χ1n) is 6.43. The predicted molar refractivity (Wildman–Crippen MR) is 69.4 cm³/mol. The Morgan fingerprint density at radius 3 is 2.84 bits per heavy atom. The van der Waals surface area contributed by atoms with E-state index in [4.69, 9.17) is 14.6 Å². The maximum absolute atomic E-state index is 13.8. The zero-order valence-electron chi connectivity index (χ0n) is 10.7. The molecule has 0 spiro atoms. The van der Waals surface area contributed by atoms with Gasteiger partial charge in [-0.2, -0.15) is 0 Å². The Kier molecular flexibility index (Phi) is 5.20. The quantitative estimate of drug-likeness (QED) is 0.850. The lowest BCUT2D eigenvalue weighted by molar-refractivity contribution is 0.0254. The standard InChI is InChI=1S/C15H17FO3/c16-15-11-14(19-13-6-9-18-10-7-13)5-4-12(15)3-1-2-8-17/h4-5,11,13,17H,2,6-10H2. The van der Waals surface area contributed by atoms with Crippen molar-refractivity contribution in [2.24, 2.45) is 0 Å². The molecule has 0 radical (unpaired) electrons. The summed E-state index contributed by atoms with van der Waals surface area (Å²) in [5.41, 5.74) is 0.327. The third-order valence-electron chi connectivity index (χ3n) is 2.87. The Morgan fingerprint density at radius 2 is 2.16 bits per heavy atom. The van der Waals surface area contributed by atoms with Gasteiger partial charge in [0, 0.05) is 25.3 Å². The van der Waals surface area contributed by atoms with Gasteiger partial charge in [0.05, 0.1) is 25.4 Å². The lowest BCUT2D eigenvalue weighted by atomic mass is 10.1. The zero-order chi connectivity index (χ0) is 13.5. The van der Waals surface area contributed by atoms with Crippen LogP contribution in [0.15, 0.2) is 18.2 Å². The van der Waals surface area contributed by atoms with E-state index in [0.717, 1.165) is 12.8 Å². The smallest absolute Gasteiger partial charge is 0.142 e. The third-order valence-corrected chi connectivity index (χ3v) is 2.87. The van der Waals surface area contributed by atoms with Crippen LogP contribution < -0.4 is 4.74 Å². The first-order valence-corrected chi connectivity index (χ1v) is 6.43. The van der Waals surface area contributed by atoms with Crippen LogP contribution in [0.2, 0.25) is 0 Å². The first-order chi connectivity index (χ1) is 9.29. The second-order valence-corrected chi connectivity index (χ2v) is 4.35. The molecule has 0 aromatic heterocycles. The van der Waals surface area contributed by atoms with Gasteiger partial charge in [-0.1, -0.05) is 11.8 Å². The number of benzene rings is 1. The molecule has 0 aliphatic carbocycles. The average Bonchev–Trinajstić information content (AvgIpc) is 2.43. The van der Waals surface area contributed by atoms with Crippen molar-refractivity contribution >= 4 is 0 Å². The fourth-order valence-corrected chi connectivity index (χ4v) is 1.87. The summed E-state index contributed by atoms with van der Waals surface area (Å²) in [6, 6.07) is 4.69. The fraction of sp³-hybridized carbons (Fsp3) is 0.467. The summed E-state index contributed by atoms with van der Waals surface area (Å²) in [6.45, 7) is 1.37. The van der Waals surface area contributed by atoms with Crippen molar-refractivity contribution < 1.29 is 19.0 Å². The van der Waals surface area contributed by atoms with Gasteiger partial charge in [0.2, 0.25) is 0 Å². The summed E-state index contributed by atoms with van der Waals surface area (Å²) in [5, 5.41) is 8.61. The minimum atomic E-state index is -0.394. The number of hydrogen-bond donors (Lipinski definition) is 1. The second kappa shape index (κ2) is 7.13. The summed E-state index contributed by atoms with van der Waals surface area (Å²) in [4.78, 5) is 0. The van der Waals surface area contributed by atoms with E-state index in [1.54, 1.807) is 12.1 Å². The van der Waals surface area contributed by atoms with E-state index < -0.39 is 5.82 Å². The number of halogens is 1. The highest BCUT2D eigenvalue weighted by Crippen LogP contribution is 2.20. The van der Waals surface area contributed by atoms with Gasteiger partial charge >= 0.3 is 0 Å². The number of ether oxygens (including phenoxy) is 2. The molecule has 2 rings (SSSR count). The summed E-state index contributed by atoms with van der Waals surface area (Å²) in [7, 11) is 0. The molecule has 0 amide bonds. The van der Waals surface area contributed by atoms with Crippen molar-refractivity contribution in [1.82, 2.24) is 0 Å². The molecule has 3 nitrogen and oxygen atoms in total. The molecule has 1 aromatic rings. The molecule has 0 bridgehead atoms. The van der Waals surface area contributed by atoms with Crippen LogP contribution in [-0.2, 0) is 4.74 Å². The van der Waals surface area contributed by atoms with Gasteiger partial charge in [-0.05, 0) is 12.1 Å². The van der Waals surface area contributed by atoms with Crippen LogP contribution in [0.1, 0.15) is 24.8 Å². The normalized spacial score (nSPS) is 15.7. The van der Waals surface area contributed by atoms with Crippen LogP contribution >= 0.6 is 0 Å². The molecule has 1 aliphatic heterocycles. The lowest BCUT2D eigenvalue weighted by Crippen LogP contribution is -2.25. The molecular formula is C15H17FO3. The minimum Gasteiger partial charge on any atom is -0.490 e. The average molecular weight is 264 g/mol. The molecule has 1 saturated heterocycles. The van der Waals surface area contributed by atoms with Gasteiger partial charge in [0.25, 0.3) is 0 Å². The third kappa shape index (κ3) is 4.23. The summed E-state index contributed by atoms with van der Waals surface area (Å²) in [6.07, 6.45) is 2.11. The zero-order valence-corrected chi connectivity index (χ0v) is 10.7. The van der Waals surface area contributed by atoms with Crippen molar-refractivity contribution in [3.63, 3.8) is 0 Å². The van der Waals surface area contributed by atoms with Crippen LogP contribution in [0.25, 0.3) is 0 Å². The highest BCUT2D eigenvalue weighted by Gasteiger charge is 2.15. The molecule has 1 heterocycles. The van der Waals surface area contributed by atoms with E-state index in [1.165, 1.54) is 6.07 Å². The molecule has 0 saturated carbocycles. The highest BCUT2D eigenvalue weighted by atomic mass is 19.1. The van der Waals surface area contributed by atoms with Gasteiger partial charge < -0.3 is 14.6 Å². The maximum atomic E-state index is 13.8. The largest absolute Gasteiger partial charge is 0.490 e. The Hall–Kier alpha value is -1.57. The van der Waals surface area contributed by atoms with Gasteiger partial charge in [0.1, 0.15) is 17.7 Å². The SMILES string of the molecule is OCCC#Cc1ccc(OC2CCOCC2)cc1F. The van der Waals surface area contributed by atoms with Crippen molar-refractivity contribution in [3.05, 3.63) is 29.6 Å². The van der Waals surface area contributed by atoms with E-state index in [2.05, 4.69) is 11.8 Å². The van der Waals surface area contributed by atoms with E-state index in [9.17, 15) is 4.39 Å². The number of aliphatic hydroxyl groups is 1. The molecular weight excluding hydrogens is 247 g/mol. The Labute approximate surface area is 112 Å². The van der Waals surface area contributed by atoms with Crippen molar-refractivity contribution in [2.75, 3.05) is 19.8 Å². The molecule has 1 aromatic carbocycles. The Balaban J connectivity index is 2.00. The van der Waals surface area contributed by atoms with Crippen LogP contribution in [0.5, 0.6) is 5.75 Å². The van der Waals surface area contributed by atoms with Crippen LogP contribution in [0.3, 0.4) is 0 Å². The van der Waals surface area contributed by atoms with Gasteiger partial charge in [-0.15, -0.1) is 0 Å².